The van der Waals surface area contributed by atoms with E-state index >= 15 is 0 Å². The van der Waals surface area contributed by atoms with Gasteiger partial charge in [-0.05, 0) is 31.0 Å². The number of benzene rings is 1. The van der Waals surface area contributed by atoms with Crippen molar-refractivity contribution in [3.8, 4) is 0 Å². The Labute approximate surface area is 147 Å². The molecule has 2 N–H and O–H groups in total. The van der Waals surface area contributed by atoms with Gasteiger partial charge in [-0.25, -0.2) is 8.42 Å². The van der Waals surface area contributed by atoms with Crippen molar-refractivity contribution in [2.24, 2.45) is 5.73 Å². The Balaban J connectivity index is 1.66. The first kappa shape index (κ1) is 18.0. The van der Waals surface area contributed by atoms with E-state index in [1.807, 2.05) is 26.0 Å². The number of piperazine rings is 1. The summed E-state index contributed by atoms with van der Waals surface area (Å²) in [7, 11) is -3.47. The first-order chi connectivity index (χ1) is 11.9. The van der Waals surface area contributed by atoms with Gasteiger partial charge in [0, 0.05) is 26.2 Å². The van der Waals surface area contributed by atoms with Gasteiger partial charge in [-0.1, -0.05) is 17.3 Å². The highest BCUT2D eigenvalue weighted by Crippen LogP contribution is 2.22. The van der Waals surface area contributed by atoms with Crippen molar-refractivity contribution in [2.75, 3.05) is 26.2 Å². The van der Waals surface area contributed by atoms with E-state index in [9.17, 15) is 8.42 Å². The number of hydrogen-bond acceptors (Lipinski definition) is 7. The fourth-order valence-corrected chi connectivity index (χ4v) is 4.62. The van der Waals surface area contributed by atoms with Crippen LogP contribution in [0.15, 0.2) is 27.6 Å². The molecule has 0 aliphatic carbocycles. The predicted octanol–water partition coefficient (Wildman–Crippen LogP) is 0.652. The average molecular weight is 365 g/mol. The highest BCUT2D eigenvalue weighted by atomic mass is 32.2. The maximum atomic E-state index is 12.9. The normalized spacial score (nSPS) is 17.1. The quantitative estimate of drug-likeness (QED) is 0.829. The zero-order chi connectivity index (χ0) is 18.0. The minimum Gasteiger partial charge on any atom is -0.338 e. The monoisotopic (exact) mass is 365 g/mol. The number of sulfonamides is 1. The van der Waals surface area contributed by atoms with E-state index in [0.717, 1.165) is 11.1 Å². The van der Waals surface area contributed by atoms with E-state index in [-0.39, 0.29) is 6.54 Å². The molecule has 1 aliphatic rings. The van der Waals surface area contributed by atoms with Crippen molar-refractivity contribution >= 4 is 10.0 Å². The van der Waals surface area contributed by atoms with E-state index < -0.39 is 10.0 Å². The minimum atomic E-state index is -3.47. The smallest absolute Gasteiger partial charge is 0.243 e. The van der Waals surface area contributed by atoms with Crippen molar-refractivity contribution in [1.82, 2.24) is 19.3 Å². The molecular weight excluding hydrogens is 342 g/mol. The molecule has 1 fully saturated rings. The van der Waals surface area contributed by atoms with E-state index in [0.29, 0.717) is 49.3 Å². The zero-order valence-corrected chi connectivity index (χ0v) is 15.3. The number of nitrogens with two attached hydrogens (primary N) is 1. The molecule has 3 rings (SSSR count). The Bertz CT molecular complexity index is 841. The summed E-state index contributed by atoms with van der Waals surface area (Å²) >= 11 is 0. The molecule has 1 aromatic heterocycles. The van der Waals surface area contributed by atoms with Crippen molar-refractivity contribution in [1.29, 1.82) is 0 Å². The Hall–Kier alpha value is -1.81. The molecule has 1 saturated heterocycles. The molecule has 1 aliphatic heterocycles. The van der Waals surface area contributed by atoms with Gasteiger partial charge in [-0.2, -0.15) is 9.29 Å². The van der Waals surface area contributed by atoms with Crippen LogP contribution in [-0.2, 0) is 23.1 Å². The van der Waals surface area contributed by atoms with Gasteiger partial charge in [0.15, 0.2) is 5.82 Å². The summed E-state index contributed by atoms with van der Waals surface area (Å²) in [4.78, 5) is 6.69. The molecule has 9 heteroatoms. The van der Waals surface area contributed by atoms with E-state index in [2.05, 4.69) is 15.0 Å². The summed E-state index contributed by atoms with van der Waals surface area (Å²) in [5, 5.41) is 3.88. The van der Waals surface area contributed by atoms with Gasteiger partial charge in [-0.15, -0.1) is 0 Å². The summed E-state index contributed by atoms with van der Waals surface area (Å²) in [5.74, 6) is 0.984. The summed E-state index contributed by atoms with van der Waals surface area (Å²) in [6, 6.07) is 5.52. The summed E-state index contributed by atoms with van der Waals surface area (Å²) < 4.78 is 32.4. The second-order valence-electron chi connectivity index (χ2n) is 6.26. The van der Waals surface area contributed by atoms with E-state index in [4.69, 9.17) is 10.3 Å². The lowest BCUT2D eigenvalue weighted by Gasteiger charge is -2.33. The van der Waals surface area contributed by atoms with Crippen LogP contribution in [0.5, 0.6) is 0 Å². The van der Waals surface area contributed by atoms with Crippen LogP contribution in [0, 0.1) is 13.8 Å². The largest absolute Gasteiger partial charge is 0.338 e. The lowest BCUT2D eigenvalue weighted by atomic mass is 10.2. The molecule has 0 bridgehead atoms. The Kier molecular flexibility index (Phi) is 5.19. The lowest BCUT2D eigenvalue weighted by molar-refractivity contribution is 0.176. The number of aryl methyl sites for hydroxylation is 2. The van der Waals surface area contributed by atoms with Gasteiger partial charge in [0.1, 0.15) is 0 Å². The summed E-state index contributed by atoms with van der Waals surface area (Å²) in [5.41, 5.74) is 7.17. The SMILES string of the molecule is Cc1ccc(C)c(S(=O)(=O)N2CCN(Cc3noc(CN)n3)CC2)c1. The highest BCUT2D eigenvalue weighted by Gasteiger charge is 2.30. The molecule has 136 valence electrons. The first-order valence-corrected chi connectivity index (χ1v) is 9.65. The lowest BCUT2D eigenvalue weighted by Crippen LogP contribution is -2.48. The number of nitrogens with zero attached hydrogens (tertiary/aromatic N) is 4. The van der Waals surface area contributed by atoms with Crippen LogP contribution in [-0.4, -0.2) is 53.9 Å². The van der Waals surface area contributed by atoms with Crippen LogP contribution in [0.3, 0.4) is 0 Å². The van der Waals surface area contributed by atoms with E-state index in [1.54, 1.807) is 10.4 Å². The second-order valence-corrected chi connectivity index (χ2v) is 8.16. The molecule has 2 aromatic rings. The van der Waals surface area contributed by atoms with Crippen LogP contribution in [0.1, 0.15) is 22.8 Å². The topological polar surface area (TPSA) is 106 Å². The molecule has 0 saturated carbocycles. The maximum absolute atomic E-state index is 12.9. The zero-order valence-electron chi connectivity index (χ0n) is 14.5. The van der Waals surface area contributed by atoms with Crippen LogP contribution in [0.2, 0.25) is 0 Å². The highest BCUT2D eigenvalue weighted by molar-refractivity contribution is 7.89. The Morgan fingerprint density at radius 2 is 1.92 bits per heavy atom. The third kappa shape index (κ3) is 3.90. The maximum Gasteiger partial charge on any atom is 0.243 e. The molecule has 8 nitrogen and oxygen atoms in total. The average Bonchev–Trinajstić information content (AvgIpc) is 3.05. The number of aromatic nitrogens is 2. The van der Waals surface area contributed by atoms with Crippen molar-refractivity contribution in [2.45, 2.75) is 31.8 Å². The Morgan fingerprint density at radius 3 is 2.56 bits per heavy atom. The first-order valence-electron chi connectivity index (χ1n) is 8.21. The summed E-state index contributed by atoms with van der Waals surface area (Å²) in [6.45, 7) is 6.60. The number of rotatable bonds is 5. The minimum absolute atomic E-state index is 0.217. The molecule has 0 atom stereocenters. The van der Waals surface area contributed by atoms with Crippen LogP contribution >= 0.6 is 0 Å². The second kappa shape index (κ2) is 7.20. The molecule has 1 aromatic carbocycles. The van der Waals surface area contributed by atoms with Crippen LogP contribution in [0.25, 0.3) is 0 Å². The molecule has 0 radical (unpaired) electrons. The van der Waals surface area contributed by atoms with Gasteiger partial charge >= 0.3 is 0 Å². The van der Waals surface area contributed by atoms with Crippen molar-refractivity contribution < 1.29 is 12.9 Å². The van der Waals surface area contributed by atoms with Crippen LogP contribution < -0.4 is 5.73 Å². The molecule has 0 amide bonds. The third-order valence-electron chi connectivity index (χ3n) is 4.34. The van der Waals surface area contributed by atoms with Gasteiger partial charge in [0.25, 0.3) is 0 Å². The fraction of sp³-hybridized carbons (Fsp3) is 0.500. The molecule has 25 heavy (non-hydrogen) atoms. The van der Waals surface area contributed by atoms with Gasteiger partial charge in [0.05, 0.1) is 18.0 Å². The van der Waals surface area contributed by atoms with Gasteiger partial charge in [0.2, 0.25) is 15.9 Å². The number of hydrogen-bond donors (Lipinski definition) is 1. The van der Waals surface area contributed by atoms with Crippen molar-refractivity contribution in [3.05, 3.63) is 41.0 Å². The van der Waals surface area contributed by atoms with Crippen LogP contribution in [0.4, 0.5) is 0 Å². The molecule has 2 heterocycles. The molecular formula is C16H23N5O3S. The fourth-order valence-electron chi connectivity index (χ4n) is 2.89. The van der Waals surface area contributed by atoms with Gasteiger partial charge < -0.3 is 10.3 Å². The predicted molar refractivity (Wildman–Crippen MR) is 92.1 cm³/mol. The summed E-state index contributed by atoms with van der Waals surface area (Å²) in [6.07, 6.45) is 0. The Morgan fingerprint density at radius 1 is 1.20 bits per heavy atom. The molecule has 0 unspecified atom stereocenters. The third-order valence-corrected chi connectivity index (χ3v) is 6.38. The van der Waals surface area contributed by atoms with Crippen molar-refractivity contribution in [3.63, 3.8) is 0 Å². The van der Waals surface area contributed by atoms with Gasteiger partial charge in [-0.3, -0.25) is 4.90 Å². The molecule has 0 spiro atoms. The standard InChI is InChI=1S/C16H23N5O3S/c1-12-3-4-13(2)14(9-12)25(22,23)21-7-5-20(6-8-21)11-15-18-16(10-17)24-19-15/h3-4,9H,5-8,10-11,17H2,1-2H3. The van der Waals surface area contributed by atoms with E-state index in [1.165, 1.54) is 0 Å².